The first kappa shape index (κ1) is 15.3. The summed E-state index contributed by atoms with van der Waals surface area (Å²) in [5, 5.41) is 3.43. The maximum Gasteiger partial charge on any atom is 0.0562 e. The third kappa shape index (κ3) is 4.20. The Morgan fingerprint density at radius 2 is 2.20 bits per heavy atom. The van der Waals surface area contributed by atoms with E-state index in [2.05, 4.69) is 55.2 Å². The fourth-order valence-electron chi connectivity index (χ4n) is 3.05. The van der Waals surface area contributed by atoms with E-state index in [1.807, 2.05) is 6.20 Å². The number of pyridine rings is 1. The summed E-state index contributed by atoms with van der Waals surface area (Å²) in [4.78, 5) is 6.92. The Bertz CT molecular complexity index is 416. The molecule has 3 heteroatoms. The highest BCUT2D eigenvalue weighted by molar-refractivity contribution is 5.46. The Hall–Kier alpha value is -1.09. The third-order valence-corrected chi connectivity index (χ3v) is 4.36. The van der Waals surface area contributed by atoms with Gasteiger partial charge in [-0.2, -0.15) is 0 Å². The number of hydrogen-bond donors (Lipinski definition) is 1. The highest BCUT2D eigenvalue weighted by Crippen LogP contribution is 2.29. The Morgan fingerprint density at radius 3 is 2.90 bits per heavy atom. The fourth-order valence-corrected chi connectivity index (χ4v) is 3.05. The SMILES string of the molecule is CC1CCCC(N(C)c2ccnc(CNC(C)C)c2)C1. The van der Waals surface area contributed by atoms with Gasteiger partial charge in [0, 0.05) is 37.6 Å². The van der Waals surface area contributed by atoms with Crippen LogP contribution in [0.2, 0.25) is 0 Å². The number of aromatic nitrogens is 1. The van der Waals surface area contributed by atoms with Crippen molar-refractivity contribution in [3.05, 3.63) is 24.0 Å². The van der Waals surface area contributed by atoms with Crippen LogP contribution in [0.4, 0.5) is 5.69 Å². The minimum atomic E-state index is 0.498. The summed E-state index contributed by atoms with van der Waals surface area (Å²) in [5.74, 6) is 0.861. The van der Waals surface area contributed by atoms with Gasteiger partial charge in [-0.1, -0.05) is 33.6 Å². The average molecular weight is 275 g/mol. The molecule has 0 bridgehead atoms. The smallest absolute Gasteiger partial charge is 0.0562 e. The van der Waals surface area contributed by atoms with E-state index in [0.29, 0.717) is 12.1 Å². The van der Waals surface area contributed by atoms with Crippen LogP contribution < -0.4 is 10.2 Å². The van der Waals surface area contributed by atoms with Crippen molar-refractivity contribution >= 4 is 5.69 Å². The lowest BCUT2D eigenvalue weighted by Gasteiger charge is -2.35. The summed E-state index contributed by atoms with van der Waals surface area (Å²) in [6.45, 7) is 7.56. The van der Waals surface area contributed by atoms with E-state index >= 15 is 0 Å². The van der Waals surface area contributed by atoms with E-state index in [0.717, 1.165) is 18.2 Å². The Labute approximate surface area is 123 Å². The van der Waals surface area contributed by atoms with Gasteiger partial charge in [0.2, 0.25) is 0 Å². The standard InChI is InChI=1S/C17H29N3/c1-13(2)19-12-15-11-17(8-9-18-15)20(4)16-7-5-6-14(3)10-16/h8-9,11,13-14,16,19H,5-7,10,12H2,1-4H3. The Morgan fingerprint density at radius 1 is 1.40 bits per heavy atom. The Kier molecular flexibility index (Phi) is 5.41. The summed E-state index contributed by atoms with van der Waals surface area (Å²) in [5.41, 5.74) is 2.44. The summed E-state index contributed by atoms with van der Waals surface area (Å²) in [6, 6.07) is 5.55. The highest BCUT2D eigenvalue weighted by Gasteiger charge is 2.22. The predicted octanol–water partition coefficient (Wildman–Crippen LogP) is 3.59. The van der Waals surface area contributed by atoms with Gasteiger partial charge in [-0.25, -0.2) is 0 Å². The number of hydrogen-bond acceptors (Lipinski definition) is 3. The van der Waals surface area contributed by atoms with Crippen LogP contribution in [-0.2, 0) is 6.54 Å². The van der Waals surface area contributed by atoms with Crippen molar-refractivity contribution in [2.75, 3.05) is 11.9 Å². The second-order valence-electron chi connectivity index (χ2n) is 6.58. The summed E-state index contributed by atoms with van der Waals surface area (Å²) < 4.78 is 0. The summed E-state index contributed by atoms with van der Waals surface area (Å²) >= 11 is 0. The van der Waals surface area contributed by atoms with Gasteiger partial charge in [-0.15, -0.1) is 0 Å². The van der Waals surface area contributed by atoms with Crippen molar-refractivity contribution in [3.63, 3.8) is 0 Å². The lowest BCUT2D eigenvalue weighted by molar-refractivity contribution is 0.336. The molecule has 2 unspecified atom stereocenters. The van der Waals surface area contributed by atoms with Crippen LogP contribution in [0.25, 0.3) is 0 Å². The molecule has 112 valence electrons. The molecule has 3 nitrogen and oxygen atoms in total. The van der Waals surface area contributed by atoms with E-state index in [1.165, 1.54) is 31.4 Å². The van der Waals surface area contributed by atoms with Crippen molar-refractivity contribution in [1.82, 2.24) is 10.3 Å². The van der Waals surface area contributed by atoms with Gasteiger partial charge in [-0.3, -0.25) is 4.98 Å². The molecule has 1 aromatic heterocycles. The maximum absolute atomic E-state index is 4.46. The van der Waals surface area contributed by atoms with Crippen molar-refractivity contribution < 1.29 is 0 Å². The molecule has 20 heavy (non-hydrogen) atoms. The van der Waals surface area contributed by atoms with E-state index in [4.69, 9.17) is 0 Å². The van der Waals surface area contributed by atoms with Gasteiger partial charge in [0.25, 0.3) is 0 Å². The third-order valence-electron chi connectivity index (χ3n) is 4.36. The van der Waals surface area contributed by atoms with Gasteiger partial charge in [0.1, 0.15) is 0 Å². The average Bonchev–Trinajstić information content (AvgIpc) is 2.44. The molecule has 1 heterocycles. The van der Waals surface area contributed by atoms with Gasteiger partial charge in [0.05, 0.1) is 5.69 Å². The lowest BCUT2D eigenvalue weighted by Crippen LogP contribution is -2.35. The monoisotopic (exact) mass is 275 g/mol. The predicted molar refractivity (Wildman–Crippen MR) is 86.0 cm³/mol. The second kappa shape index (κ2) is 7.07. The van der Waals surface area contributed by atoms with Gasteiger partial charge < -0.3 is 10.2 Å². The first-order valence-corrected chi connectivity index (χ1v) is 7.97. The van der Waals surface area contributed by atoms with E-state index < -0.39 is 0 Å². The zero-order valence-corrected chi connectivity index (χ0v) is 13.4. The van der Waals surface area contributed by atoms with E-state index in [-0.39, 0.29) is 0 Å². The van der Waals surface area contributed by atoms with Crippen LogP contribution in [0, 0.1) is 5.92 Å². The van der Waals surface area contributed by atoms with Crippen LogP contribution in [0.15, 0.2) is 18.3 Å². The molecule has 2 atom stereocenters. The van der Waals surface area contributed by atoms with Gasteiger partial charge >= 0.3 is 0 Å². The van der Waals surface area contributed by atoms with Crippen molar-refractivity contribution in [2.45, 2.75) is 65.1 Å². The molecule has 2 rings (SSSR count). The molecule has 1 saturated carbocycles. The number of nitrogens with zero attached hydrogens (tertiary/aromatic N) is 2. The number of nitrogens with one attached hydrogen (secondary N) is 1. The Balaban J connectivity index is 2.01. The second-order valence-corrected chi connectivity index (χ2v) is 6.58. The van der Waals surface area contributed by atoms with E-state index in [1.54, 1.807) is 0 Å². The molecule has 1 aliphatic rings. The number of rotatable bonds is 5. The largest absolute Gasteiger partial charge is 0.372 e. The molecule has 1 fully saturated rings. The van der Waals surface area contributed by atoms with E-state index in [9.17, 15) is 0 Å². The molecule has 1 aromatic rings. The first-order valence-electron chi connectivity index (χ1n) is 7.97. The van der Waals surface area contributed by atoms with Crippen LogP contribution >= 0.6 is 0 Å². The van der Waals surface area contributed by atoms with Gasteiger partial charge in [0.15, 0.2) is 0 Å². The molecule has 0 spiro atoms. The molecule has 0 aromatic carbocycles. The molecular weight excluding hydrogens is 246 g/mol. The fraction of sp³-hybridized carbons (Fsp3) is 0.706. The van der Waals surface area contributed by atoms with Crippen LogP contribution in [-0.4, -0.2) is 24.1 Å². The maximum atomic E-state index is 4.46. The van der Waals surface area contributed by atoms with Gasteiger partial charge in [-0.05, 0) is 30.9 Å². The molecule has 0 amide bonds. The highest BCUT2D eigenvalue weighted by atomic mass is 15.1. The zero-order valence-electron chi connectivity index (χ0n) is 13.4. The molecule has 0 aliphatic heterocycles. The lowest BCUT2D eigenvalue weighted by atomic mass is 9.86. The molecule has 0 radical (unpaired) electrons. The quantitative estimate of drug-likeness (QED) is 0.890. The minimum Gasteiger partial charge on any atom is -0.372 e. The van der Waals surface area contributed by atoms with Crippen LogP contribution in [0.3, 0.4) is 0 Å². The van der Waals surface area contributed by atoms with Crippen LogP contribution in [0.5, 0.6) is 0 Å². The number of anilines is 1. The van der Waals surface area contributed by atoms with Crippen molar-refractivity contribution in [3.8, 4) is 0 Å². The van der Waals surface area contributed by atoms with Crippen LogP contribution in [0.1, 0.15) is 52.1 Å². The summed E-state index contributed by atoms with van der Waals surface area (Å²) in [6.07, 6.45) is 7.34. The van der Waals surface area contributed by atoms with Crippen molar-refractivity contribution in [2.24, 2.45) is 5.92 Å². The molecule has 0 saturated heterocycles. The zero-order chi connectivity index (χ0) is 14.5. The topological polar surface area (TPSA) is 28.2 Å². The molecule has 1 N–H and O–H groups in total. The summed E-state index contributed by atoms with van der Waals surface area (Å²) in [7, 11) is 2.23. The van der Waals surface area contributed by atoms with Crippen molar-refractivity contribution in [1.29, 1.82) is 0 Å². The molecule has 1 aliphatic carbocycles. The minimum absolute atomic E-state index is 0.498. The molecular formula is C17H29N3. The normalized spacial score (nSPS) is 23.1. The first-order chi connectivity index (χ1) is 9.56.